The fourth-order valence-electron chi connectivity index (χ4n) is 6.06. The summed E-state index contributed by atoms with van der Waals surface area (Å²) in [5.41, 5.74) is 4.57. The molecule has 3 aromatic rings. The van der Waals surface area contributed by atoms with Gasteiger partial charge in [0.15, 0.2) is 0 Å². The van der Waals surface area contributed by atoms with E-state index in [1.807, 2.05) is 0 Å². The van der Waals surface area contributed by atoms with Crippen molar-refractivity contribution < 1.29 is 38.2 Å². The Morgan fingerprint density at radius 2 is 1.60 bits per heavy atom. The number of nitrogens with two attached hydrogens (primary N) is 1. The third-order valence-electron chi connectivity index (χ3n) is 9.31. The zero-order chi connectivity index (χ0) is 38.7. The molecule has 1 saturated heterocycles. The molecule has 0 spiro atoms. The van der Waals surface area contributed by atoms with Crippen LogP contribution in [-0.2, 0) is 32.3 Å². The lowest BCUT2D eigenvalue weighted by atomic mass is 9.67. The van der Waals surface area contributed by atoms with Crippen molar-refractivity contribution >= 4 is 52.1 Å². The highest BCUT2D eigenvalue weighted by molar-refractivity contribution is 6.07. The molecule has 2 aliphatic rings. The second kappa shape index (κ2) is 18.3. The van der Waals surface area contributed by atoms with Crippen LogP contribution in [0.15, 0.2) is 47.4 Å². The largest absolute Gasteiger partial charge is 0.477 e. The molecule has 286 valence electrons. The van der Waals surface area contributed by atoms with Gasteiger partial charge in [-0.1, -0.05) is 25.5 Å². The van der Waals surface area contributed by atoms with E-state index in [0.29, 0.717) is 55.8 Å². The number of anilines is 2. The van der Waals surface area contributed by atoms with Gasteiger partial charge in [-0.15, -0.1) is 0 Å². The number of aromatic nitrogens is 1. The number of halogens is 1. The molecule has 4 amide bonds. The maximum atomic E-state index is 15.2. The number of aryl methyl sites for hydroxylation is 1. The van der Waals surface area contributed by atoms with Gasteiger partial charge in [-0.3, -0.25) is 19.2 Å². The highest BCUT2D eigenvalue weighted by Gasteiger charge is 2.50. The molecule has 0 bridgehead atoms. The minimum absolute atomic E-state index is 0.0133. The Bertz CT molecular complexity index is 1870. The Balaban J connectivity index is 0.00000149. The number of pyridine rings is 1. The van der Waals surface area contributed by atoms with E-state index in [1.54, 1.807) is 47.6 Å². The molecule has 2 fully saturated rings. The van der Waals surface area contributed by atoms with E-state index < -0.39 is 46.1 Å². The van der Waals surface area contributed by atoms with E-state index in [9.17, 15) is 33.9 Å². The monoisotopic (exact) mass is 737 g/mol. The number of aromatic carboxylic acids is 1. The van der Waals surface area contributed by atoms with E-state index in [-0.39, 0.29) is 43.2 Å². The molecule has 2 heterocycles. The molecule has 0 radical (unpaired) electrons. The summed E-state index contributed by atoms with van der Waals surface area (Å²) in [5.74, 6) is -3.26. The molecule has 6 N–H and O–H groups in total. The van der Waals surface area contributed by atoms with Gasteiger partial charge >= 0.3 is 12.1 Å². The van der Waals surface area contributed by atoms with Crippen molar-refractivity contribution in [2.45, 2.75) is 59.6 Å². The molecule has 1 saturated carbocycles. The van der Waals surface area contributed by atoms with Crippen molar-refractivity contribution in [2.24, 2.45) is 11.1 Å². The zero-order valence-electron chi connectivity index (χ0n) is 30.3. The third kappa shape index (κ3) is 9.49. The number of carbonyl (C=O) groups excluding carboxylic acids is 4. The summed E-state index contributed by atoms with van der Waals surface area (Å²) < 4.78 is 22.3. The second-order valence-corrected chi connectivity index (χ2v) is 12.8. The van der Waals surface area contributed by atoms with Crippen LogP contribution in [0.5, 0.6) is 0 Å². The Kier molecular flexibility index (Phi) is 13.9. The average Bonchev–Trinajstić information content (AvgIpc) is 3.13. The molecule has 2 aromatic carbocycles. The Morgan fingerprint density at radius 3 is 2.15 bits per heavy atom. The van der Waals surface area contributed by atoms with E-state index in [4.69, 9.17) is 10.5 Å². The van der Waals surface area contributed by atoms with Crippen LogP contribution in [0, 0.1) is 11.2 Å². The van der Waals surface area contributed by atoms with Crippen molar-refractivity contribution in [2.75, 3.05) is 56.0 Å². The van der Waals surface area contributed by atoms with E-state index >= 15 is 4.39 Å². The van der Waals surface area contributed by atoms with Gasteiger partial charge in [0.25, 0.3) is 0 Å². The number of fused-ring (bicyclic) bond motifs is 1. The molecule has 0 atom stereocenters. The van der Waals surface area contributed by atoms with E-state index in [2.05, 4.69) is 22.9 Å². The molecule has 1 aromatic heterocycles. The number of benzene rings is 2. The van der Waals surface area contributed by atoms with E-state index in [0.717, 1.165) is 25.5 Å². The van der Waals surface area contributed by atoms with Crippen LogP contribution in [0.1, 0.15) is 62.4 Å². The predicted octanol–water partition coefficient (Wildman–Crippen LogP) is 3.03. The molecule has 15 nitrogen and oxygen atoms in total. The Hall–Kier alpha value is -5.51. The minimum atomic E-state index is -1.38. The lowest BCUT2D eigenvalue weighted by Crippen LogP contribution is -2.56. The summed E-state index contributed by atoms with van der Waals surface area (Å²) in [6.45, 7) is 8.09. The van der Waals surface area contributed by atoms with Gasteiger partial charge in [0.2, 0.25) is 23.2 Å². The quantitative estimate of drug-likeness (QED) is 0.172. The van der Waals surface area contributed by atoms with Crippen LogP contribution >= 0.6 is 0 Å². The van der Waals surface area contributed by atoms with Crippen molar-refractivity contribution in [1.29, 1.82) is 0 Å². The number of nitrogens with zero attached hydrogens (tertiary/aromatic N) is 3. The first-order chi connectivity index (χ1) is 25.4. The fourth-order valence-corrected chi connectivity index (χ4v) is 6.06. The van der Waals surface area contributed by atoms with Gasteiger partial charge in [-0.05, 0) is 69.5 Å². The summed E-state index contributed by atoms with van der Waals surface area (Å²) in [5, 5.41) is 17.3. The van der Waals surface area contributed by atoms with Crippen LogP contribution in [0.25, 0.3) is 10.9 Å². The number of carboxylic acids is 1. The Morgan fingerprint density at radius 1 is 0.962 bits per heavy atom. The Labute approximate surface area is 306 Å². The normalized spacial score (nSPS) is 14.7. The van der Waals surface area contributed by atoms with Crippen LogP contribution in [0.2, 0.25) is 0 Å². The summed E-state index contributed by atoms with van der Waals surface area (Å²) in [7, 11) is 0. The van der Waals surface area contributed by atoms with Crippen molar-refractivity contribution in [3.8, 4) is 0 Å². The number of nitrogens with one attached hydrogen (secondary N) is 3. The number of hydrogen-bond donors (Lipinski definition) is 5. The highest BCUT2D eigenvalue weighted by Crippen LogP contribution is 2.41. The van der Waals surface area contributed by atoms with Crippen molar-refractivity contribution in [1.82, 2.24) is 20.1 Å². The first kappa shape index (κ1) is 40.3. The van der Waals surface area contributed by atoms with Gasteiger partial charge < -0.3 is 45.9 Å². The molecular formula is C37H48FN7O8. The van der Waals surface area contributed by atoms with Crippen molar-refractivity contribution in [3.63, 3.8) is 0 Å². The fraction of sp³-hybridized carbons (Fsp3) is 0.459. The van der Waals surface area contributed by atoms with Crippen LogP contribution in [-0.4, -0.2) is 90.2 Å². The van der Waals surface area contributed by atoms with Gasteiger partial charge in [0, 0.05) is 56.5 Å². The van der Waals surface area contributed by atoms with Gasteiger partial charge in [0.05, 0.1) is 17.7 Å². The minimum Gasteiger partial charge on any atom is -0.477 e. The summed E-state index contributed by atoms with van der Waals surface area (Å²) >= 11 is 0. The SMILES string of the molecule is CCCN.CCNC(=O)C1(C(=O)NCC(=O)Nc2ccc(COC(=O)N3CCN(c4cc5c(cc4F)c(=O)c(C(=O)O)cn5CC)CC3)cc2)CCC1. The van der Waals surface area contributed by atoms with Gasteiger partial charge in [0.1, 0.15) is 23.4 Å². The van der Waals surface area contributed by atoms with Gasteiger partial charge in [-0.25, -0.2) is 14.0 Å². The summed E-state index contributed by atoms with van der Waals surface area (Å²) in [4.78, 5) is 77.7. The van der Waals surface area contributed by atoms with Crippen molar-refractivity contribution in [3.05, 3.63) is 69.8 Å². The molecule has 53 heavy (non-hydrogen) atoms. The van der Waals surface area contributed by atoms with E-state index in [1.165, 1.54) is 17.2 Å². The number of rotatable bonds is 12. The number of carbonyl (C=O) groups is 5. The molecule has 1 aliphatic carbocycles. The molecular weight excluding hydrogens is 689 g/mol. The third-order valence-corrected chi connectivity index (χ3v) is 9.31. The second-order valence-electron chi connectivity index (χ2n) is 12.8. The zero-order valence-corrected chi connectivity index (χ0v) is 30.3. The smallest absolute Gasteiger partial charge is 0.410 e. The lowest BCUT2D eigenvalue weighted by molar-refractivity contribution is -0.150. The first-order valence-electron chi connectivity index (χ1n) is 17.8. The van der Waals surface area contributed by atoms with Crippen LogP contribution in [0.3, 0.4) is 0 Å². The molecule has 5 rings (SSSR count). The number of amides is 4. The summed E-state index contributed by atoms with van der Waals surface area (Å²) in [6, 6.07) is 9.27. The highest BCUT2D eigenvalue weighted by atomic mass is 19.1. The predicted molar refractivity (Wildman–Crippen MR) is 197 cm³/mol. The number of piperazine rings is 1. The molecule has 1 aliphatic heterocycles. The van der Waals surface area contributed by atoms with Crippen LogP contribution in [0.4, 0.5) is 20.6 Å². The number of ether oxygens (including phenoxy) is 1. The number of hydrogen-bond acceptors (Lipinski definition) is 9. The maximum Gasteiger partial charge on any atom is 0.410 e. The van der Waals surface area contributed by atoms with Crippen LogP contribution < -0.4 is 32.0 Å². The topological polar surface area (TPSA) is 205 Å². The molecule has 0 unspecified atom stereocenters. The van der Waals surface area contributed by atoms with Gasteiger partial charge in [-0.2, -0.15) is 0 Å². The maximum absolute atomic E-state index is 15.2. The number of carboxylic acid groups (broad SMARTS) is 1. The average molecular weight is 738 g/mol. The standard InChI is InChI=1S/C34H39FN6O8.C3H9N/c1-3-36-31(46)34(10-5-11-34)32(47)37-18-28(42)38-22-8-6-21(7-9-22)20-49-33(48)41-14-12-40(13-15-41)27-17-26-23(16-25(27)35)29(43)24(30(44)45)19-39(26)4-2;1-2-3-4/h6-9,16-17,19H,3-5,10-15,18,20H2,1-2H3,(H,36,46)(H,37,47)(H,38,42)(H,44,45);2-4H2,1H3. The first-order valence-corrected chi connectivity index (χ1v) is 17.8. The molecule has 16 heteroatoms. The summed E-state index contributed by atoms with van der Waals surface area (Å²) in [6.07, 6.45) is 3.49. The lowest BCUT2D eigenvalue weighted by Gasteiger charge is -2.38.